The van der Waals surface area contributed by atoms with Gasteiger partial charge in [-0.25, -0.2) is 4.39 Å². The van der Waals surface area contributed by atoms with Crippen LogP contribution in [0.2, 0.25) is 0 Å². The van der Waals surface area contributed by atoms with Crippen molar-refractivity contribution in [1.82, 2.24) is 10.2 Å². The van der Waals surface area contributed by atoms with Crippen molar-refractivity contribution in [3.8, 4) is 0 Å². The molecule has 1 aromatic heterocycles. The molecule has 0 aliphatic heterocycles. The molecule has 2 amide bonds. The monoisotopic (exact) mass is 304 g/mol. The molecule has 0 saturated carbocycles. The van der Waals surface area contributed by atoms with E-state index in [9.17, 15) is 14.0 Å². The maximum atomic E-state index is 12.8. The highest BCUT2D eigenvalue weighted by molar-refractivity contribution is 5.96. The lowest BCUT2D eigenvalue weighted by molar-refractivity contribution is -0.121. The van der Waals surface area contributed by atoms with E-state index in [-0.39, 0.29) is 30.7 Å². The zero-order valence-corrected chi connectivity index (χ0v) is 12.2. The van der Waals surface area contributed by atoms with Crippen molar-refractivity contribution in [2.24, 2.45) is 0 Å². The highest BCUT2D eigenvalue weighted by Gasteiger charge is 2.17. The van der Waals surface area contributed by atoms with Crippen molar-refractivity contribution >= 4 is 11.8 Å². The van der Waals surface area contributed by atoms with Gasteiger partial charge in [0.1, 0.15) is 12.1 Å². The van der Waals surface area contributed by atoms with Gasteiger partial charge >= 0.3 is 0 Å². The number of furan rings is 1. The van der Waals surface area contributed by atoms with Gasteiger partial charge in [-0.05, 0) is 30.7 Å². The van der Waals surface area contributed by atoms with Crippen LogP contribution >= 0.6 is 0 Å². The maximum absolute atomic E-state index is 12.8. The fourth-order valence-corrected chi connectivity index (χ4v) is 1.93. The van der Waals surface area contributed by atoms with Crippen molar-refractivity contribution in [2.45, 2.75) is 13.5 Å². The minimum absolute atomic E-state index is 0.0400. The second kappa shape index (κ2) is 7.40. The normalized spacial score (nSPS) is 10.3. The fourth-order valence-electron chi connectivity index (χ4n) is 1.93. The largest absolute Gasteiger partial charge is 0.472 e. The van der Waals surface area contributed by atoms with E-state index in [1.165, 1.54) is 29.6 Å². The first-order valence-electron chi connectivity index (χ1n) is 6.92. The van der Waals surface area contributed by atoms with Crippen LogP contribution in [-0.4, -0.2) is 29.8 Å². The molecule has 1 N–H and O–H groups in total. The van der Waals surface area contributed by atoms with Crippen LogP contribution in [0, 0.1) is 5.82 Å². The number of amides is 2. The van der Waals surface area contributed by atoms with Gasteiger partial charge in [-0.2, -0.15) is 0 Å². The lowest BCUT2D eigenvalue weighted by Crippen LogP contribution is -2.40. The third-order valence-electron chi connectivity index (χ3n) is 3.17. The SMILES string of the molecule is CCN(CC(=O)NCc1ccc(F)cc1)C(=O)c1ccoc1. The average Bonchev–Trinajstić information content (AvgIpc) is 3.06. The Morgan fingerprint density at radius 2 is 1.95 bits per heavy atom. The van der Waals surface area contributed by atoms with E-state index in [4.69, 9.17) is 4.42 Å². The van der Waals surface area contributed by atoms with Gasteiger partial charge in [0.2, 0.25) is 5.91 Å². The number of rotatable bonds is 6. The molecule has 0 spiro atoms. The summed E-state index contributed by atoms with van der Waals surface area (Å²) < 4.78 is 17.7. The number of likely N-dealkylation sites (N-methyl/N-ethyl adjacent to an activating group) is 1. The quantitative estimate of drug-likeness (QED) is 0.890. The third-order valence-corrected chi connectivity index (χ3v) is 3.17. The molecule has 2 rings (SSSR count). The predicted octanol–water partition coefficient (Wildman–Crippen LogP) is 2.20. The Bertz CT molecular complexity index is 623. The van der Waals surface area contributed by atoms with Crippen molar-refractivity contribution in [3.05, 3.63) is 59.8 Å². The topological polar surface area (TPSA) is 62.6 Å². The van der Waals surface area contributed by atoms with Gasteiger partial charge in [0.15, 0.2) is 0 Å². The number of hydrogen-bond donors (Lipinski definition) is 1. The Morgan fingerprint density at radius 1 is 1.23 bits per heavy atom. The van der Waals surface area contributed by atoms with Crippen molar-refractivity contribution in [3.63, 3.8) is 0 Å². The standard InChI is InChI=1S/C16H17FN2O3/c1-2-19(16(21)13-7-8-22-11-13)10-15(20)18-9-12-3-5-14(17)6-4-12/h3-8,11H,2,9-10H2,1H3,(H,18,20). The molecule has 0 aliphatic carbocycles. The van der Waals surface area contributed by atoms with Crippen LogP contribution in [0.4, 0.5) is 4.39 Å². The minimum Gasteiger partial charge on any atom is -0.472 e. The number of carbonyl (C=O) groups excluding carboxylic acids is 2. The first-order chi connectivity index (χ1) is 10.6. The van der Waals surface area contributed by atoms with Crippen LogP contribution in [0.15, 0.2) is 47.3 Å². The predicted molar refractivity (Wildman–Crippen MR) is 78.5 cm³/mol. The lowest BCUT2D eigenvalue weighted by atomic mass is 10.2. The van der Waals surface area contributed by atoms with Crippen molar-refractivity contribution < 1.29 is 18.4 Å². The van der Waals surface area contributed by atoms with Crippen molar-refractivity contribution in [2.75, 3.05) is 13.1 Å². The molecule has 6 heteroatoms. The summed E-state index contributed by atoms with van der Waals surface area (Å²) in [6.07, 6.45) is 2.76. The van der Waals surface area contributed by atoms with E-state index in [2.05, 4.69) is 5.32 Å². The zero-order valence-electron chi connectivity index (χ0n) is 12.2. The number of nitrogens with one attached hydrogen (secondary N) is 1. The smallest absolute Gasteiger partial charge is 0.257 e. The highest BCUT2D eigenvalue weighted by atomic mass is 19.1. The van der Waals surface area contributed by atoms with E-state index >= 15 is 0 Å². The molecule has 116 valence electrons. The van der Waals surface area contributed by atoms with Crippen LogP contribution in [0.3, 0.4) is 0 Å². The summed E-state index contributed by atoms with van der Waals surface area (Å²) in [5, 5.41) is 2.70. The summed E-state index contributed by atoms with van der Waals surface area (Å²) in [6, 6.07) is 7.43. The summed E-state index contributed by atoms with van der Waals surface area (Å²) in [5.41, 5.74) is 1.20. The molecular formula is C16H17FN2O3. The maximum Gasteiger partial charge on any atom is 0.257 e. The number of hydrogen-bond acceptors (Lipinski definition) is 3. The lowest BCUT2D eigenvalue weighted by Gasteiger charge is -2.19. The Hall–Kier alpha value is -2.63. The van der Waals surface area contributed by atoms with Gasteiger partial charge < -0.3 is 14.6 Å². The van der Waals surface area contributed by atoms with E-state index in [1.54, 1.807) is 25.1 Å². The van der Waals surface area contributed by atoms with Crippen LogP contribution in [0.25, 0.3) is 0 Å². The second-order valence-corrected chi connectivity index (χ2v) is 4.73. The van der Waals surface area contributed by atoms with Crippen LogP contribution in [-0.2, 0) is 11.3 Å². The number of benzene rings is 1. The van der Waals surface area contributed by atoms with Gasteiger partial charge in [-0.1, -0.05) is 12.1 Å². The molecule has 0 saturated heterocycles. The van der Waals surface area contributed by atoms with Gasteiger partial charge in [0, 0.05) is 13.1 Å². The molecule has 0 atom stereocenters. The Morgan fingerprint density at radius 3 is 2.55 bits per heavy atom. The summed E-state index contributed by atoms with van der Waals surface area (Å²) in [5.74, 6) is -0.853. The molecule has 1 aromatic carbocycles. The molecule has 22 heavy (non-hydrogen) atoms. The Kier molecular flexibility index (Phi) is 5.30. The van der Waals surface area contributed by atoms with Crippen molar-refractivity contribution in [1.29, 1.82) is 0 Å². The summed E-state index contributed by atoms with van der Waals surface area (Å²) in [4.78, 5) is 25.5. The van der Waals surface area contributed by atoms with Crippen LogP contribution < -0.4 is 5.32 Å². The minimum atomic E-state index is -0.321. The van der Waals surface area contributed by atoms with Gasteiger partial charge in [0.25, 0.3) is 5.91 Å². The molecule has 1 heterocycles. The molecule has 2 aromatic rings. The van der Waals surface area contributed by atoms with Gasteiger partial charge in [0.05, 0.1) is 18.4 Å². The molecule has 0 bridgehead atoms. The molecular weight excluding hydrogens is 287 g/mol. The van der Waals surface area contributed by atoms with E-state index in [0.717, 1.165) is 5.56 Å². The zero-order chi connectivity index (χ0) is 15.9. The molecule has 0 aliphatic rings. The van der Waals surface area contributed by atoms with Gasteiger partial charge in [-0.3, -0.25) is 9.59 Å². The molecule has 0 unspecified atom stereocenters. The first kappa shape index (κ1) is 15.8. The second-order valence-electron chi connectivity index (χ2n) is 4.73. The van der Waals surface area contributed by atoms with E-state index in [0.29, 0.717) is 12.1 Å². The number of nitrogens with zero attached hydrogens (tertiary/aromatic N) is 1. The Balaban J connectivity index is 1.87. The fraction of sp³-hybridized carbons (Fsp3) is 0.250. The highest BCUT2D eigenvalue weighted by Crippen LogP contribution is 2.06. The van der Waals surface area contributed by atoms with Gasteiger partial charge in [-0.15, -0.1) is 0 Å². The van der Waals surface area contributed by atoms with Crippen LogP contribution in [0.5, 0.6) is 0 Å². The Labute approximate surface area is 127 Å². The molecule has 0 fully saturated rings. The van der Waals surface area contributed by atoms with E-state index in [1.807, 2.05) is 0 Å². The average molecular weight is 304 g/mol. The van der Waals surface area contributed by atoms with E-state index < -0.39 is 0 Å². The summed E-state index contributed by atoms with van der Waals surface area (Å²) in [7, 11) is 0. The third kappa shape index (κ3) is 4.18. The number of carbonyl (C=O) groups is 2. The summed E-state index contributed by atoms with van der Waals surface area (Å²) in [6.45, 7) is 2.46. The molecule has 0 radical (unpaired) electrons. The number of halogens is 1. The summed E-state index contributed by atoms with van der Waals surface area (Å²) >= 11 is 0. The van der Waals surface area contributed by atoms with Crippen LogP contribution in [0.1, 0.15) is 22.8 Å². The first-order valence-corrected chi connectivity index (χ1v) is 6.92. The molecule has 5 nitrogen and oxygen atoms in total.